The van der Waals surface area contributed by atoms with Gasteiger partial charge in [0.2, 0.25) is 5.91 Å². The Morgan fingerprint density at radius 1 is 1.19 bits per heavy atom. The molecule has 21 heavy (non-hydrogen) atoms. The number of hydrazine groups is 2. The van der Waals surface area contributed by atoms with Gasteiger partial charge in [0.05, 0.1) is 0 Å². The summed E-state index contributed by atoms with van der Waals surface area (Å²) in [5.41, 5.74) is 9.46. The van der Waals surface area contributed by atoms with E-state index in [9.17, 15) is 14.4 Å². The summed E-state index contributed by atoms with van der Waals surface area (Å²) in [7, 11) is 0. The Morgan fingerprint density at radius 3 is 2.62 bits per heavy atom. The summed E-state index contributed by atoms with van der Waals surface area (Å²) < 4.78 is 0. The van der Waals surface area contributed by atoms with Crippen LogP contribution in [0.15, 0.2) is 30.3 Å². The average Bonchev–Trinajstić information content (AvgIpc) is 3.07. The smallest absolute Gasteiger partial charge is 0.275 e. The van der Waals surface area contributed by atoms with Crippen molar-refractivity contribution in [1.29, 1.82) is 0 Å². The zero-order valence-electron chi connectivity index (χ0n) is 11.1. The van der Waals surface area contributed by atoms with E-state index in [1.165, 1.54) is 0 Å². The maximum Gasteiger partial charge on any atom is 0.343 e. The molecule has 0 aliphatic carbocycles. The average molecular weight is 289 g/mol. The summed E-state index contributed by atoms with van der Waals surface area (Å²) in [6.07, 6.45) is 0.555. The topological polar surface area (TPSA) is 103 Å². The molecule has 0 radical (unpaired) electrons. The van der Waals surface area contributed by atoms with Crippen LogP contribution in [-0.4, -0.2) is 35.4 Å². The van der Waals surface area contributed by atoms with Gasteiger partial charge in [-0.15, -0.1) is 0 Å². The molecule has 2 aliphatic rings. The second-order valence-electron chi connectivity index (χ2n) is 4.96. The van der Waals surface area contributed by atoms with Crippen LogP contribution in [0.25, 0.3) is 0 Å². The Kier molecular flexibility index (Phi) is 3.55. The van der Waals surface area contributed by atoms with E-state index in [-0.39, 0.29) is 18.5 Å². The molecule has 8 nitrogen and oxygen atoms in total. The number of hydrogen-bond donors (Lipinski definition) is 4. The molecule has 2 atom stereocenters. The minimum atomic E-state index is -0.612. The first-order chi connectivity index (χ1) is 10.1. The first-order valence-electron chi connectivity index (χ1n) is 6.61. The minimum Gasteiger partial charge on any atom is -0.275 e. The molecule has 1 aromatic carbocycles. The molecule has 4 N–H and O–H groups in total. The lowest BCUT2D eigenvalue weighted by molar-refractivity contribution is -0.126. The summed E-state index contributed by atoms with van der Waals surface area (Å²) in [4.78, 5) is 34.5. The SMILES string of the molecule is O=C1CN(NC(=O)C2CC(c3ccccc3)NN2)C(=O)N1. The highest BCUT2D eigenvalue weighted by molar-refractivity contribution is 6.02. The van der Waals surface area contributed by atoms with Gasteiger partial charge >= 0.3 is 6.03 Å². The number of carbonyl (C=O) groups is 3. The molecule has 2 heterocycles. The van der Waals surface area contributed by atoms with Gasteiger partial charge in [0.25, 0.3) is 5.91 Å². The fraction of sp³-hybridized carbons (Fsp3) is 0.308. The number of amides is 4. The van der Waals surface area contributed by atoms with Crippen LogP contribution < -0.4 is 21.6 Å². The molecule has 8 heteroatoms. The summed E-state index contributed by atoms with van der Waals surface area (Å²) in [5.74, 6) is -0.786. The van der Waals surface area contributed by atoms with E-state index in [2.05, 4.69) is 21.6 Å². The van der Waals surface area contributed by atoms with Gasteiger partial charge in [-0.2, -0.15) is 0 Å². The molecule has 3 rings (SSSR count). The summed E-state index contributed by atoms with van der Waals surface area (Å²) >= 11 is 0. The van der Waals surface area contributed by atoms with Crippen molar-refractivity contribution in [2.75, 3.05) is 6.54 Å². The van der Waals surface area contributed by atoms with Crippen molar-refractivity contribution in [2.24, 2.45) is 0 Å². The number of nitrogens with one attached hydrogen (secondary N) is 4. The van der Waals surface area contributed by atoms with Crippen LogP contribution in [0.3, 0.4) is 0 Å². The predicted octanol–water partition coefficient (Wildman–Crippen LogP) is -0.823. The van der Waals surface area contributed by atoms with E-state index in [4.69, 9.17) is 0 Å². The molecule has 110 valence electrons. The van der Waals surface area contributed by atoms with Gasteiger partial charge in [-0.1, -0.05) is 30.3 Å². The molecule has 2 unspecified atom stereocenters. The van der Waals surface area contributed by atoms with E-state index in [0.29, 0.717) is 6.42 Å². The number of carbonyl (C=O) groups excluding carboxylic acids is 3. The van der Waals surface area contributed by atoms with Gasteiger partial charge < -0.3 is 0 Å². The molecule has 4 amide bonds. The van der Waals surface area contributed by atoms with Gasteiger partial charge in [-0.3, -0.25) is 20.3 Å². The standard InChI is InChI=1S/C13H15N5O3/c19-11-7-18(13(21)14-11)17-12(20)10-6-9(15-16-10)8-4-2-1-3-5-8/h1-5,9-10,15-16H,6-7H2,(H,17,20)(H,14,19,21). The predicted molar refractivity (Wildman–Crippen MR) is 72.2 cm³/mol. The quantitative estimate of drug-likeness (QED) is 0.544. The highest BCUT2D eigenvalue weighted by atomic mass is 16.2. The van der Waals surface area contributed by atoms with Crippen molar-refractivity contribution in [3.63, 3.8) is 0 Å². The number of imide groups is 1. The minimum absolute atomic E-state index is 0.0241. The Bertz CT molecular complexity index is 576. The van der Waals surface area contributed by atoms with Crippen LogP contribution in [0.5, 0.6) is 0 Å². The maximum absolute atomic E-state index is 12.1. The van der Waals surface area contributed by atoms with E-state index >= 15 is 0 Å². The normalized spacial score (nSPS) is 25.0. The second-order valence-corrected chi connectivity index (χ2v) is 4.96. The van der Waals surface area contributed by atoms with Crippen LogP contribution in [0.4, 0.5) is 4.79 Å². The molecule has 0 bridgehead atoms. The van der Waals surface area contributed by atoms with E-state index < -0.39 is 18.0 Å². The fourth-order valence-corrected chi connectivity index (χ4v) is 2.38. The third-order valence-corrected chi connectivity index (χ3v) is 3.46. The number of hydrogen-bond acceptors (Lipinski definition) is 5. The fourth-order valence-electron chi connectivity index (χ4n) is 2.38. The van der Waals surface area contributed by atoms with E-state index in [0.717, 1.165) is 10.6 Å². The zero-order chi connectivity index (χ0) is 14.8. The maximum atomic E-state index is 12.1. The van der Waals surface area contributed by atoms with Crippen LogP contribution in [0, 0.1) is 0 Å². The Hall–Kier alpha value is -2.45. The van der Waals surface area contributed by atoms with Crippen LogP contribution in [-0.2, 0) is 9.59 Å². The monoisotopic (exact) mass is 289 g/mol. The van der Waals surface area contributed by atoms with E-state index in [1.54, 1.807) is 0 Å². The molecule has 2 fully saturated rings. The largest absolute Gasteiger partial charge is 0.343 e. The first kappa shape index (κ1) is 13.5. The third kappa shape index (κ3) is 2.86. The third-order valence-electron chi connectivity index (χ3n) is 3.46. The lowest BCUT2D eigenvalue weighted by Crippen LogP contribution is -2.51. The highest BCUT2D eigenvalue weighted by Crippen LogP contribution is 2.21. The molecular weight excluding hydrogens is 274 g/mol. The highest BCUT2D eigenvalue weighted by Gasteiger charge is 2.34. The van der Waals surface area contributed by atoms with Crippen LogP contribution in [0.1, 0.15) is 18.0 Å². The Balaban J connectivity index is 1.57. The Labute approximate surface area is 120 Å². The first-order valence-corrected chi connectivity index (χ1v) is 6.61. The molecule has 1 aromatic rings. The van der Waals surface area contributed by atoms with Crippen molar-refractivity contribution < 1.29 is 14.4 Å². The van der Waals surface area contributed by atoms with Crippen molar-refractivity contribution in [3.05, 3.63) is 35.9 Å². The van der Waals surface area contributed by atoms with Gasteiger partial charge in [0.15, 0.2) is 0 Å². The second kappa shape index (κ2) is 5.51. The number of nitrogens with zero attached hydrogens (tertiary/aromatic N) is 1. The van der Waals surface area contributed by atoms with Crippen LogP contribution in [0.2, 0.25) is 0 Å². The summed E-state index contributed by atoms with van der Waals surface area (Å²) in [6.45, 7) is -0.160. The number of urea groups is 1. The molecular formula is C13H15N5O3. The lowest BCUT2D eigenvalue weighted by Gasteiger charge is -2.17. The molecule has 0 spiro atoms. The lowest BCUT2D eigenvalue weighted by atomic mass is 10.0. The summed E-state index contributed by atoms with van der Waals surface area (Å²) in [5, 5.41) is 3.07. The Morgan fingerprint density at radius 2 is 1.95 bits per heavy atom. The van der Waals surface area contributed by atoms with Gasteiger partial charge in [-0.05, 0) is 12.0 Å². The zero-order valence-corrected chi connectivity index (χ0v) is 11.1. The molecule has 0 aromatic heterocycles. The van der Waals surface area contributed by atoms with Gasteiger partial charge in [0.1, 0.15) is 12.6 Å². The van der Waals surface area contributed by atoms with Crippen molar-refractivity contribution in [2.45, 2.75) is 18.5 Å². The van der Waals surface area contributed by atoms with Gasteiger partial charge in [0, 0.05) is 6.04 Å². The van der Waals surface area contributed by atoms with E-state index in [1.807, 2.05) is 30.3 Å². The molecule has 0 saturated carbocycles. The number of benzene rings is 1. The number of rotatable bonds is 3. The van der Waals surface area contributed by atoms with Crippen LogP contribution >= 0.6 is 0 Å². The molecule has 2 aliphatic heterocycles. The van der Waals surface area contributed by atoms with Crippen molar-refractivity contribution in [1.82, 2.24) is 26.6 Å². The van der Waals surface area contributed by atoms with Gasteiger partial charge in [-0.25, -0.2) is 20.7 Å². The van der Waals surface area contributed by atoms with Crippen molar-refractivity contribution >= 4 is 17.8 Å². The molecule has 2 saturated heterocycles. The summed E-state index contributed by atoms with van der Waals surface area (Å²) in [6, 6.07) is 8.70. The van der Waals surface area contributed by atoms with Crippen molar-refractivity contribution in [3.8, 4) is 0 Å².